The zero-order valence-electron chi connectivity index (χ0n) is 16.1. The van der Waals surface area contributed by atoms with Gasteiger partial charge in [-0.2, -0.15) is 5.11 Å². The van der Waals surface area contributed by atoms with E-state index >= 15 is 0 Å². The molecule has 1 saturated heterocycles. The zero-order valence-corrected chi connectivity index (χ0v) is 16.9. The first kappa shape index (κ1) is 20.0. The summed E-state index contributed by atoms with van der Waals surface area (Å²) >= 11 is 5.78. The molecule has 0 aliphatic carbocycles. The molecule has 10 heteroatoms. The Bertz CT molecular complexity index is 1090. The van der Waals surface area contributed by atoms with Crippen LogP contribution in [0.5, 0.6) is 0 Å². The highest BCUT2D eigenvalue weighted by atomic mass is 35.5. The molecule has 1 N–H and O–H groups in total. The second kappa shape index (κ2) is 7.49. The van der Waals surface area contributed by atoms with Crippen LogP contribution in [-0.2, 0) is 14.4 Å². The van der Waals surface area contributed by atoms with E-state index in [2.05, 4.69) is 15.7 Å². The van der Waals surface area contributed by atoms with Crippen LogP contribution in [0.4, 0.5) is 15.8 Å². The minimum atomic E-state index is -1.06. The molecule has 2 heterocycles. The Hall–Kier alpha value is -3.33. The Balaban J connectivity index is 1.50. The van der Waals surface area contributed by atoms with Crippen LogP contribution in [0.3, 0.4) is 0 Å². The first-order valence-electron chi connectivity index (χ1n) is 9.13. The minimum absolute atomic E-state index is 0.139. The van der Waals surface area contributed by atoms with E-state index in [4.69, 9.17) is 11.6 Å². The maximum atomic E-state index is 13.4. The van der Waals surface area contributed by atoms with Crippen molar-refractivity contribution >= 4 is 40.7 Å². The maximum absolute atomic E-state index is 13.4. The molecule has 0 bridgehead atoms. The van der Waals surface area contributed by atoms with E-state index in [9.17, 15) is 18.8 Å². The third-order valence-electron chi connectivity index (χ3n) is 4.83. The van der Waals surface area contributed by atoms with Gasteiger partial charge in [0.1, 0.15) is 12.4 Å². The van der Waals surface area contributed by atoms with Crippen LogP contribution in [0.25, 0.3) is 0 Å². The first-order chi connectivity index (χ1) is 14.2. The summed E-state index contributed by atoms with van der Waals surface area (Å²) in [5.41, 5.74) is 2.76. The Morgan fingerprint density at radius 2 is 1.83 bits per heavy atom. The van der Waals surface area contributed by atoms with Crippen molar-refractivity contribution < 1.29 is 18.8 Å². The lowest BCUT2D eigenvalue weighted by molar-refractivity contribution is -0.123. The standard InChI is InChI=1S/C20H17ClFN5O3/c1-10-5-11(2)7-12(6-10)23-16(28)9-26-18-17(24-25-26)19(29)27(20(18)30)13-3-4-15(22)14(21)8-13/h3-8,17-18H,9H2,1-2H3,(H,23,28)/t17-,18-/m1/s1. The van der Waals surface area contributed by atoms with Crippen LogP contribution in [0.1, 0.15) is 11.1 Å². The predicted molar refractivity (Wildman–Crippen MR) is 108 cm³/mol. The maximum Gasteiger partial charge on any atom is 0.263 e. The van der Waals surface area contributed by atoms with Gasteiger partial charge < -0.3 is 5.32 Å². The van der Waals surface area contributed by atoms with Gasteiger partial charge in [0.15, 0.2) is 12.1 Å². The van der Waals surface area contributed by atoms with Crippen molar-refractivity contribution in [3.8, 4) is 0 Å². The summed E-state index contributed by atoms with van der Waals surface area (Å²) in [4.78, 5) is 39.0. The smallest absolute Gasteiger partial charge is 0.263 e. The molecule has 4 rings (SSSR count). The fourth-order valence-corrected chi connectivity index (χ4v) is 3.80. The first-order valence-corrected chi connectivity index (χ1v) is 9.51. The number of nitrogens with one attached hydrogen (secondary N) is 1. The molecule has 0 aromatic heterocycles. The summed E-state index contributed by atoms with van der Waals surface area (Å²) in [7, 11) is 0. The third kappa shape index (κ3) is 3.52. The molecule has 30 heavy (non-hydrogen) atoms. The number of benzene rings is 2. The fraction of sp³-hybridized carbons (Fsp3) is 0.250. The molecule has 0 unspecified atom stereocenters. The zero-order chi connectivity index (χ0) is 21.6. The van der Waals surface area contributed by atoms with E-state index in [1.807, 2.05) is 32.0 Å². The summed E-state index contributed by atoms with van der Waals surface area (Å²) in [6.45, 7) is 3.58. The Morgan fingerprint density at radius 3 is 2.50 bits per heavy atom. The highest BCUT2D eigenvalue weighted by Crippen LogP contribution is 2.33. The van der Waals surface area contributed by atoms with E-state index in [-0.39, 0.29) is 17.3 Å². The molecular formula is C20H17ClFN5O3. The highest BCUT2D eigenvalue weighted by Gasteiger charge is 2.55. The van der Waals surface area contributed by atoms with Crippen molar-refractivity contribution in [2.45, 2.75) is 25.9 Å². The molecule has 2 aliphatic rings. The summed E-state index contributed by atoms with van der Waals surface area (Å²) in [5, 5.41) is 11.4. The summed E-state index contributed by atoms with van der Waals surface area (Å²) in [6.07, 6.45) is 0. The second-order valence-corrected chi connectivity index (χ2v) is 7.63. The number of aryl methyl sites for hydroxylation is 2. The number of carbonyl (C=O) groups excluding carboxylic acids is 3. The summed E-state index contributed by atoms with van der Waals surface area (Å²) < 4.78 is 13.4. The third-order valence-corrected chi connectivity index (χ3v) is 5.12. The number of fused-ring (bicyclic) bond motifs is 1. The van der Waals surface area contributed by atoms with Gasteiger partial charge in [-0.15, -0.1) is 0 Å². The van der Waals surface area contributed by atoms with Gasteiger partial charge in [-0.3, -0.25) is 19.4 Å². The molecule has 2 aromatic carbocycles. The van der Waals surface area contributed by atoms with Crippen molar-refractivity contribution in [1.82, 2.24) is 5.01 Å². The molecule has 0 radical (unpaired) electrons. The van der Waals surface area contributed by atoms with Crippen LogP contribution in [0, 0.1) is 19.7 Å². The minimum Gasteiger partial charge on any atom is -0.324 e. The van der Waals surface area contributed by atoms with Gasteiger partial charge in [0, 0.05) is 5.69 Å². The van der Waals surface area contributed by atoms with Gasteiger partial charge in [0.2, 0.25) is 5.91 Å². The summed E-state index contributed by atoms with van der Waals surface area (Å²) in [6, 6.07) is 7.08. The lowest BCUT2D eigenvalue weighted by atomic mass is 10.1. The van der Waals surface area contributed by atoms with Gasteiger partial charge in [0.05, 0.1) is 10.7 Å². The Labute approximate surface area is 176 Å². The van der Waals surface area contributed by atoms with E-state index in [0.717, 1.165) is 22.1 Å². The molecule has 2 atom stereocenters. The molecule has 3 amide bonds. The Kier molecular flexibility index (Phi) is 4.98. The van der Waals surface area contributed by atoms with Gasteiger partial charge in [-0.25, -0.2) is 9.29 Å². The van der Waals surface area contributed by atoms with Crippen LogP contribution >= 0.6 is 11.6 Å². The molecule has 1 fully saturated rings. The summed E-state index contributed by atoms with van der Waals surface area (Å²) in [5.74, 6) is -2.27. The monoisotopic (exact) mass is 429 g/mol. The van der Waals surface area contributed by atoms with Gasteiger partial charge in [-0.05, 0) is 55.3 Å². The molecule has 0 spiro atoms. The van der Waals surface area contributed by atoms with Gasteiger partial charge in [-0.1, -0.05) is 22.9 Å². The molecule has 8 nitrogen and oxygen atoms in total. The van der Waals surface area contributed by atoms with Crippen LogP contribution in [0.2, 0.25) is 5.02 Å². The number of carbonyl (C=O) groups is 3. The number of anilines is 2. The van der Waals surface area contributed by atoms with Crippen molar-refractivity contribution in [2.75, 3.05) is 16.8 Å². The number of hydrogen-bond acceptors (Lipinski definition) is 6. The lowest BCUT2D eigenvalue weighted by Gasteiger charge is -2.20. The molecular weight excluding hydrogens is 413 g/mol. The SMILES string of the molecule is Cc1cc(C)cc(NC(=O)CN2N=N[C@H]3C(=O)N(c4ccc(F)c(Cl)c4)C(=O)[C@@H]32)c1. The number of nitrogens with zero attached hydrogens (tertiary/aromatic N) is 4. The van der Waals surface area contributed by atoms with Crippen LogP contribution in [-0.4, -0.2) is 41.4 Å². The number of hydrogen-bond donors (Lipinski definition) is 1. The topological polar surface area (TPSA) is 94.4 Å². The van der Waals surface area contributed by atoms with Crippen LogP contribution < -0.4 is 10.2 Å². The molecule has 154 valence electrons. The van der Waals surface area contributed by atoms with Crippen molar-refractivity contribution in [2.24, 2.45) is 10.3 Å². The highest BCUT2D eigenvalue weighted by molar-refractivity contribution is 6.32. The van der Waals surface area contributed by atoms with E-state index < -0.39 is 35.6 Å². The number of halogens is 2. The van der Waals surface area contributed by atoms with Crippen LogP contribution in [0.15, 0.2) is 46.7 Å². The average molecular weight is 430 g/mol. The number of imide groups is 1. The van der Waals surface area contributed by atoms with Crippen molar-refractivity contribution in [1.29, 1.82) is 0 Å². The normalized spacial score (nSPS) is 20.1. The van der Waals surface area contributed by atoms with E-state index in [0.29, 0.717) is 5.69 Å². The van der Waals surface area contributed by atoms with Crippen molar-refractivity contribution in [3.63, 3.8) is 0 Å². The average Bonchev–Trinajstić information content (AvgIpc) is 3.17. The van der Waals surface area contributed by atoms with E-state index in [1.54, 1.807) is 0 Å². The molecule has 0 saturated carbocycles. The number of amides is 3. The van der Waals surface area contributed by atoms with Gasteiger partial charge >= 0.3 is 0 Å². The fourth-order valence-electron chi connectivity index (χ4n) is 3.63. The van der Waals surface area contributed by atoms with Crippen molar-refractivity contribution in [3.05, 3.63) is 58.4 Å². The number of rotatable bonds is 4. The molecule has 2 aromatic rings. The Morgan fingerprint density at radius 1 is 1.13 bits per heavy atom. The predicted octanol–water partition coefficient (Wildman–Crippen LogP) is 3.03. The second-order valence-electron chi connectivity index (χ2n) is 7.23. The van der Waals surface area contributed by atoms with Gasteiger partial charge in [0.25, 0.3) is 11.8 Å². The largest absolute Gasteiger partial charge is 0.324 e. The lowest BCUT2D eigenvalue weighted by Crippen LogP contribution is -2.43. The quantitative estimate of drug-likeness (QED) is 0.756. The van der Waals surface area contributed by atoms with E-state index in [1.165, 1.54) is 17.1 Å². The molecule has 2 aliphatic heterocycles.